The van der Waals surface area contributed by atoms with E-state index in [9.17, 15) is 0 Å². The predicted octanol–water partition coefficient (Wildman–Crippen LogP) is 11.7. The zero-order chi connectivity index (χ0) is 44.5. The van der Waals surface area contributed by atoms with E-state index in [2.05, 4.69) is 221 Å². The highest BCUT2D eigenvalue weighted by Crippen LogP contribution is 2.47. The summed E-state index contributed by atoms with van der Waals surface area (Å²) in [6.45, 7) is 12.9. The summed E-state index contributed by atoms with van der Waals surface area (Å²) < 4.78 is 14.6. The minimum atomic E-state index is -0.0820. The first-order valence-electron chi connectivity index (χ1n) is 23.1. The fraction of sp³-hybridized carbons (Fsp3) is 0.100. The Morgan fingerprint density at radius 1 is 0.318 bits per heavy atom. The Balaban J connectivity index is 1.07. The summed E-state index contributed by atoms with van der Waals surface area (Å²) in [4.78, 5) is 4.91. The summed E-state index contributed by atoms with van der Waals surface area (Å²) in [6.07, 6.45) is 0. The molecule has 9 aromatic carbocycles. The lowest BCUT2D eigenvalue weighted by Crippen LogP contribution is -2.63. The van der Waals surface area contributed by atoms with Crippen LogP contribution in [0.1, 0.15) is 33.4 Å². The lowest BCUT2D eigenvalue weighted by atomic mass is 9.30. The van der Waals surface area contributed by atoms with E-state index >= 15 is 0 Å². The third kappa shape index (κ3) is 5.87. The molecule has 0 N–H and O–H groups in total. The summed E-state index contributed by atoms with van der Waals surface area (Å²) in [5, 5.41) is 0. The average Bonchev–Trinajstić information content (AvgIpc) is 3.32. The molecule has 0 fully saturated rings. The van der Waals surface area contributed by atoms with Crippen molar-refractivity contribution in [2.45, 2.75) is 41.5 Å². The molecule has 0 unspecified atom stereocenters. The second-order valence-electron chi connectivity index (χ2n) is 19.0. The summed E-state index contributed by atoms with van der Waals surface area (Å²) in [7, 11) is 0. The fourth-order valence-corrected chi connectivity index (χ4v) is 11.1. The van der Waals surface area contributed by atoms with E-state index < -0.39 is 0 Å². The van der Waals surface area contributed by atoms with Crippen LogP contribution < -0.4 is 52.1 Å². The molecule has 13 rings (SSSR count). The smallest absolute Gasteiger partial charge is 0.256 e. The largest absolute Gasteiger partial charge is 0.458 e. The van der Waals surface area contributed by atoms with Crippen LogP contribution in [0.15, 0.2) is 170 Å². The lowest BCUT2D eigenvalue weighted by molar-refractivity contribution is 0.466. The molecule has 4 nitrogen and oxygen atoms in total. The molecule has 4 aliphatic heterocycles. The molecule has 6 heteroatoms. The highest BCUT2D eigenvalue weighted by atomic mass is 16.5. The molecule has 0 bridgehead atoms. The Bertz CT molecular complexity index is 3490. The Morgan fingerprint density at radius 3 is 1.33 bits per heavy atom. The van der Waals surface area contributed by atoms with Crippen LogP contribution in [0.4, 0.5) is 34.1 Å². The van der Waals surface area contributed by atoms with E-state index in [0.717, 1.165) is 78.9 Å². The van der Waals surface area contributed by atoms with Crippen molar-refractivity contribution in [2.75, 3.05) is 9.80 Å². The molecule has 0 amide bonds. The highest BCUT2D eigenvalue weighted by Gasteiger charge is 2.47. The third-order valence-electron chi connectivity index (χ3n) is 14.4. The predicted molar refractivity (Wildman–Crippen MR) is 277 cm³/mol. The van der Waals surface area contributed by atoms with Gasteiger partial charge >= 0.3 is 0 Å². The first kappa shape index (κ1) is 38.7. The van der Waals surface area contributed by atoms with Gasteiger partial charge in [0.25, 0.3) is 13.4 Å². The quantitative estimate of drug-likeness (QED) is 0.165. The van der Waals surface area contributed by atoms with E-state index in [1.54, 1.807) is 0 Å². The van der Waals surface area contributed by atoms with Gasteiger partial charge in [-0.1, -0.05) is 137 Å². The van der Waals surface area contributed by atoms with Gasteiger partial charge in [-0.15, -0.1) is 0 Å². The molecular formula is C60H46B2N2O2. The number of nitrogens with zero attached hydrogens (tertiary/aromatic N) is 2. The van der Waals surface area contributed by atoms with Gasteiger partial charge in [0.2, 0.25) is 0 Å². The number of hydrogen-bond donors (Lipinski definition) is 0. The van der Waals surface area contributed by atoms with Crippen LogP contribution in [-0.4, -0.2) is 13.4 Å². The van der Waals surface area contributed by atoms with Crippen molar-refractivity contribution < 1.29 is 9.47 Å². The molecule has 0 aliphatic carbocycles. The maximum atomic E-state index is 7.29. The van der Waals surface area contributed by atoms with Crippen molar-refractivity contribution in [2.24, 2.45) is 0 Å². The molecule has 4 aliphatic rings. The molecular weight excluding hydrogens is 802 g/mol. The lowest BCUT2D eigenvalue weighted by Gasteiger charge is -2.43. The van der Waals surface area contributed by atoms with Crippen molar-refractivity contribution >= 4 is 80.3 Å². The van der Waals surface area contributed by atoms with E-state index in [4.69, 9.17) is 9.47 Å². The average molecular weight is 849 g/mol. The molecule has 0 saturated heterocycles. The summed E-state index contributed by atoms with van der Waals surface area (Å²) >= 11 is 0. The van der Waals surface area contributed by atoms with E-state index in [1.807, 2.05) is 0 Å². The Hall–Kier alpha value is -7.69. The SMILES string of the molecule is Cc1ccc(-c2cc3c4c(c2)N(c2ccc(C)cc2)c2ccc(C)cc2B4c2cc4c(cc2O3)Oc2cc(-c3ccc(C)cc3)cc3c2B4c2c(C)cccc2N3c2ccc(C)cc2)cc1. The van der Waals surface area contributed by atoms with Crippen LogP contribution in [0.25, 0.3) is 22.3 Å². The second-order valence-corrected chi connectivity index (χ2v) is 19.0. The van der Waals surface area contributed by atoms with Gasteiger partial charge in [0, 0.05) is 40.2 Å². The monoisotopic (exact) mass is 848 g/mol. The minimum absolute atomic E-state index is 0.0802. The molecule has 9 aromatic rings. The van der Waals surface area contributed by atoms with Crippen LogP contribution >= 0.6 is 0 Å². The van der Waals surface area contributed by atoms with Crippen molar-refractivity contribution in [1.29, 1.82) is 0 Å². The zero-order valence-electron chi connectivity index (χ0n) is 38.0. The first-order valence-corrected chi connectivity index (χ1v) is 23.1. The standard InChI is InChI=1S/C60H46B2N2O2/c1-35-10-19-41(20-11-35)43-29-52-59-56(31-43)65-54-34-55-49(33-48(54)61(59)47-28-39(5)18-27-50(47)63(52)45-23-14-37(3)15-24-45)62-58-40(6)8-7-9-51(58)64(46-25-16-38(4)17-26-46)53-30-44(32-57(66-55)60(53)62)42-21-12-36(2)13-22-42/h7-34H,1-6H3. The highest BCUT2D eigenvalue weighted by molar-refractivity contribution is 7.02. The van der Waals surface area contributed by atoms with Crippen LogP contribution in [0, 0.1) is 41.5 Å². The Morgan fingerprint density at radius 2 is 0.788 bits per heavy atom. The number of ether oxygens (including phenoxy) is 2. The topological polar surface area (TPSA) is 24.9 Å². The Labute approximate surface area is 387 Å². The molecule has 66 heavy (non-hydrogen) atoms. The van der Waals surface area contributed by atoms with E-state index in [1.165, 1.54) is 66.6 Å². The van der Waals surface area contributed by atoms with Crippen molar-refractivity contribution in [3.63, 3.8) is 0 Å². The van der Waals surface area contributed by atoms with Crippen molar-refractivity contribution in [3.05, 3.63) is 203 Å². The normalized spacial score (nSPS) is 13.4. The molecule has 0 aromatic heterocycles. The minimum Gasteiger partial charge on any atom is -0.458 e. The zero-order valence-corrected chi connectivity index (χ0v) is 38.0. The van der Waals surface area contributed by atoms with Crippen molar-refractivity contribution in [1.82, 2.24) is 0 Å². The first-order chi connectivity index (χ1) is 32.1. The maximum Gasteiger partial charge on any atom is 0.256 e. The molecule has 0 atom stereocenters. The van der Waals surface area contributed by atoms with Crippen molar-refractivity contribution in [3.8, 4) is 45.3 Å². The van der Waals surface area contributed by atoms with E-state index in [0.29, 0.717) is 0 Å². The van der Waals surface area contributed by atoms with Gasteiger partial charge in [-0.2, -0.15) is 0 Å². The van der Waals surface area contributed by atoms with Gasteiger partial charge in [-0.05, 0) is 157 Å². The fourth-order valence-electron chi connectivity index (χ4n) is 11.1. The second kappa shape index (κ2) is 14.4. The summed E-state index contributed by atoms with van der Waals surface area (Å²) in [5.74, 6) is 3.41. The van der Waals surface area contributed by atoms with Gasteiger partial charge in [0.05, 0.1) is 0 Å². The number of rotatable bonds is 4. The number of benzene rings is 9. The number of hydrogen-bond acceptors (Lipinski definition) is 4. The molecule has 314 valence electrons. The van der Waals surface area contributed by atoms with Gasteiger partial charge in [-0.3, -0.25) is 0 Å². The van der Waals surface area contributed by atoms with Crippen LogP contribution in [-0.2, 0) is 0 Å². The Kier molecular flexibility index (Phi) is 8.46. The van der Waals surface area contributed by atoms with Crippen LogP contribution in [0.2, 0.25) is 0 Å². The maximum absolute atomic E-state index is 7.29. The third-order valence-corrected chi connectivity index (χ3v) is 14.4. The van der Waals surface area contributed by atoms with Gasteiger partial charge in [0.15, 0.2) is 0 Å². The van der Waals surface area contributed by atoms with Gasteiger partial charge < -0.3 is 19.3 Å². The van der Waals surface area contributed by atoms with Crippen LogP contribution in [0.5, 0.6) is 23.0 Å². The molecule has 0 saturated carbocycles. The molecule has 4 heterocycles. The summed E-state index contributed by atoms with van der Waals surface area (Å²) in [6, 6.07) is 63.1. The molecule has 0 radical (unpaired) electrons. The summed E-state index contributed by atoms with van der Waals surface area (Å²) in [5.41, 5.74) is 26.1. The number of anilines is 6. The number of fused-ring (bicyclic) bond motifs is 8. The van der Waals surface area contributed by atoms with Gasteiger partial charge in [-0.25, -0.2) is 0 Å². The van der Waals surface area contributed by atoms with E-state index in [-0.39, 0.29) is 13.4 Å². The van der Waals surface area contributed by atoms with Crippen LogP contribution in [0.3, 0.4) is 0 Å². The molecule has 0 spiro atoms. The number of aryl methyl sites for hydroxylation is 6. The van der Waals surface area contributed by atoms with Gasteiger partial charge in [0.1, 0.15) is 23.0 Å².